The number of carboxylic acid groups (broad SMARTS) is 1. The number of carboxylic acids is 1. The van der Waals surface area contributed by atoms with Crippen molar-refractivity contribution < 1.29 is 39.4 Å². The molecule has 10 nitrogen and oxygen atoms in total. The van der Waals surface area contributed by atoms with E-state index in [1.54, 1.807) is 0 Å². The van der Waals surface area contributed by atoms with Gasteiger partial charge >= 0.3 is 19.1 Å². The Bertz CT molecular complexity index is 745. The molecule has 1 heterocycles. The Morgan fingerprint density at radius 1 is 1.41 bits per heavy atom. The van der Waals surface area contributed by atoms with Crippen LogP contribution >= 0.6 is 11.8 Å². The maximum Gasteiger partial charge on any atom is 0.465 e. The summed E-state index contributed by atoms with van der Waals surface area (Å²) in [7, 11) is -0.568. The van der Waals surface area contributed by atoms with E-state index in [2.05, 4.69) is 5.32 Å². The smallest absolute Gasteiger partial charge is 0.465 e. The molecule has 1 aromatic carbocycles. The van der Waals surface area contributed by atoms with Gasteiger partial charge in [0.25, 0.3) is 0 Å². The minimum absolute atomic E-state index is 0.0345. The minimum Gasteiger partial charge on any atom is -0.507 e. The van der Waals surface area contributed by atoms with Gasteiger partial charge in [0.05, 0.1) is 12.9 Å². The summed E-state index contributed by atoms with van der Waals surface area (Å²) in [4.78, 5) is 35.9. The molecule has 0 aromatic heterocycles. The largest absolute Gasteiger partial charge is 0.507 e. The average Bonchev–Trinajstić information content (AvgIpc) is 3.04. The number of amides is 3. The quantitative estimate of drug-likeness (QED) is 0.358. The van der Waals surface area contributed by atoms with E-state index in [1.165, 1.54) is 19.2 Å². The molecule has 2 rings (SSSR count). The molecule has 0 radical (unpaired) electrons. The lowest BCUT2D eigenvalue weighted by molar-refractivity contribution is -0.124. The molecule has 27 heavy (non-hydrogen) atoms. The normalized spacial score (nSPS) is 14.6. The Kier molecular flexibility index (Phi) is 6.94. The van der Waals surface area contributed by atoms with Crippen molar-refractivity contribution in [3.8, 4) is 11.5 Å². The van der Waals surface area contributed by atoms with Crippen LogP contribution in [0.2, 0.25) is 0 Å². The Morgan fingerprint density at radius 2 is 2.11 bits per heavy atom. The molecule has 0 aliphatic carbocycles. The zero-order valence-electron chi connectivity index (χ0n) is 14.4. The molecule has 1 aliphatic rings. The number of imide groups is 1. The van der Waals surface area contributed by atoms with Crippen molar-refractivity contribution in [2.75, 3.05) is 26.0 Å². The Balaban J connectivity index is 2.12. The number of hydrogen-bond acceptors (Lipinski definition) is 8. The summed E-state index contributed by atoms with van der Waals surface area (Å²) in [5, 5.41) is 40.2. The van der Waals surface area contributed by atoms with Gasteiger partial charge in [0.15, 0.2) is 0 Å². The van der Waals surface area contributed by atoms with Gasteiger partial charge in [-0.3, -0.25) is 9.69 Å². The molecular weight excluding hydrogens is 379 g/mol. The number of nitrogens with one attached hydrogen (secondary N) is 1. The van der Waals surface area contributed by atoms with E-state index in [1.807, 2.05) is 0 Å². The van der Waals surface area contributed by atoms with Gasteiger partial charge in [-0.15, -0.1) is 0 Å². The summed E-state index contributed by atoms with van der Waals surface area (Å²) >= 11 is 0.893. The van der Waals surface area contributed by atoms with Crippen LogP contribution in [0.1, 0.15) is 15.9 Å². The Hall–Kier alpha value is -2.44. The molecule has 12 heteroatoms. The molecule has 1 fully saturated rings. The van der Waals surface area contributed by atoms with Crippen molar-refractivity contribution in [2.24, 2.45) is 0 Å². The number of carbonyl (C=O) groups excluding carboxylic acids is 2. The van der Waals surface area contributed by atoms with E-state index >= 15 is 0 Å². The van der Waals surface area contributed by atoms with Gasteiger partial charge in [0, 0.05) is 18.2 Å². The van der Waals surface area contributed by atoms with Crippen LogP contribution in [0.15, 0.2) is 12.1 Å². The monoisotopic (exact) mass is 398 g/mol. The second kappa shape index (κ2) is 8.97. The van der Waals surface area contributed by atoms with Crippen LogP contribution in [0.4, 0.5) is 4.79 Å². The van der Waals surface area contributed by atoms with Crippen molar-refractivity contribution in [1.82, 2.24) is 10.2 Å². The first-order chi connectivity index (χ1) is 12.8. The van der Waals surface area contributed by atoms with Crippen molar-refractivity contribution in [3.63, 3.8) is 0 Å². The van der Waals surface area contributed by atoms with Gasteiger partial charge in [-0.2, -0.15) is 11.8 Å². The molecule has 0 spiro atoms. The molecule has 1 aromatic rings. The molecule has 1 unspecified atom stereocenters. The average molecular weight is 398 g/mol. The third-order valence-electron chi connectivity index (χ3n) is 3.99. The predicted octanol–water partition coefficient (Wildman–Crippen LogP) is -0.693. The van der Waals surface area contributed by atoms with E-state index < -0.39 is 41.5 Å². The topological polar surface area (TPSA) is 157 Å². The second-order valence-electron chi connectivity index (χ2n) is 5.70. The third-order valence-corrected chi connectivity index (χ3v) is 5.24. The van der Waals surface area contributed by atoms with Gasteiger partial charge in [-0.05, 0) is 18.1 Å². The fourth-order valence-electron chi connectivity index (χ4n) is 2.59. The van der Waals surface area contributed by atoms with Gasteiger partial charge in [0.2, 0.25) is 5.91 Å². The summed E-state index contributed by atoms with van der Waals surface area (Å²) in [5.74, 6) is -2.63. The second-order valence-corrected chi connectivity index (χ2v) is 6.93. The zero-order valence-corrected chi connectivity index (χ0v) is 15.2. The Labute approximate surface area is 159 Å². The van der Waals surface area contributed by atoms with E-state index in [4.69, 9.17) is 4.74 Å². The summed E-state index contributed by atoms with van der Waals surface area (Å²) in [6, 6.07) is 2.26. The number of aromatic hydroxyl groups is 1. The Morgan fingerprint density at radius 3 is 2.63 bits per heavy atom. The first kappa shape index (κ1) is 20.9. The van der Waals surface area contributed by atoms with Gasteiger partial charge in [-0.1, -0.05) is 6.07 Å². The molecule has 0 saturated carbocycles. The van der Waals surface area contributed by atoms with E-state index in [0.29, 0.717) is 6.54 Å². The van der Waals surface area contributed by atoms with Crippen LogP contribution in [0.25, 0.3) is 0 Å². The number of phenols is 1. The summed E-state index contributed by atoms with van der Waals surface area (Å²) < 4.78 is 4.91. The van der Waals surface area contributed by atoms with Gasteiger partial charge in [-0.25, -0.2) is 9.59 Å². The first-order valence-electron chi connectivity index (χ1n) is 7.94. The lowest BCUT2D eigenvalue weighted by Crippen LogP contribution is -2.37. The lowest BCUT2D eigenvalue weighted by atomic mass is 9.81. The van der Waals surface area contributed by atoms with Crippen molar-refractivity contribution >= 4 is 36.8 Å². The maximum atomic E-state index is 12.1. The number of thioether (sulfide) groups is 1. The van der Waals surface area contributed by atoms with Gasteiger partial charge in [0.1, 0.15) is 17.1 Å². The summed E-state index contributed by atoms with van der Waals surface area (Å²) in [6.45, 7) is 0.602. The number of urea groups is 1. The number of aromatic carboxylic acids is 1. The standard InChI is InChI=1S/C15H19BN2O8S/c1-26-9-3-2-8(13(20)12(9)14(21)22)6-10(16(24)25)27-7-11(19)18-5-4-17-15(18)23/h2-3,10,20,24-25H,4-7H2,1H3,(H,17,23)(H,21,22). The molecule has 1 aliphatic heterocycles. The third kappa shape index (κ3) is 4.84. The fourth-order valence-corrected chi connectivity index (χ4v) is 3.57. The SMILES string of the molecule is COc1ccc(CC(SCC(=O)N2CCNC2=O)B(O)O)c(O)c1C(=O)O. The van der Waals surface area contributed by atoms with Crippen LogP contribution < -0.4 is 10.1 Å². The first-order valence-corrected chi connectivity index (χ1v) is 8.99. The van der Waals surface area contributed by atoms with Crippen molar-refractivity contribution in [1.29, 1.82) is 0 Å². The zero-order chi connectivity index (χ0) is 20.1. The highest BCUT2D eigenvalue weighted by Gasteiger charge is 2.31. The lowest BCUT2D eigenvalue weighted by Gasteiger charge is -2.19. The van der Waals surface area contributed by atoms with E-state index in [0.717, 1.165) is 16.7 Å². The predicted molar refractivity (Wildman–Crippen MR) is 96.9 cm³/mol. The van der Waals surface area contributed by atoms with Crippen LogP contribution in [0.3, 0.4) is 0 Å². The minimum atomic E-state index is -1.83. The number of ether oxygens (including phenoxy) is 1. The van der Waals surface area contributed by atoms with Crippen molar-refractivity contribution in [3.05, 3.63) is 23.3 Å². The molecule has 3 amide bonds. The number of carbonyl (C=O) groups is 3. The summed E-state index contributed by atoms with van der Waals surface area (Å²) in [5.41, 5.74) is -0.277. The number of nitrogens with zero attached hydrogens (tertiary/aromatic N) is 1. The number of benzene rings is 1. The highest BCUT2D eigenvalue weighted by Crippen LogP contribution is 2.33. The molecule has 146 valence electrons. The number of rotatable bonds is 8. The molecule has 5 N–H and O–H groups in total. The van der Waals surface area contributed by atoms with Crippen LogP contribution in [0, 0.1) is 0 Å². The van der Waals surface area contributed by atoms with E-state index in [-0.39, 0.29) is 30.0 Å². The van der Waals surface area contributed by atoms with Crippen LogP contribution in [-0.4, -0.2) is 81.3 Å². The maximum absolute atomic E-state index is 12.1. The number of hydrogen-bond donors (Lipinski definition) is 5. The van der Waals surface area contributed by atoms with Crippen LogP contribution in [-0.2, 0) is 11.2 Å². The highest BCUT2D eigenvalue weighted by atomic mass is 32.2. The van der Waals surface area contributed by atoms with Crippen LogP contribution in [0.5, 0.6) is 11.5 Å². The van der Waals surface area contributed by atoms with E-state index in [9.17, 15) is 34.6 Å². The summed E-state index contributed by atoms with van der Waals surface area (Å²) in [6.07, 6.45) is -0.113. The number of methoxy groups -OCH3 is 1. The van der Waals surface area contributed by atoms with Gasteiger partial charge < -0.3 is 30.3 Å². The fraction of sp³-hybridized carbons (Fsp3) is 0.400. The highest BCUT2D eigenvalue weighted by molar-refractivity contribution is 8.01. The molecular formula is C15H19BN2O8S. The molecule has 1 atom stereocenters. The van der Waals surface area contributed by atoms with Crippen molar-refractivity contribution in [2.45, 2.75) is 11.6 Å². The molecule has 1 saturated heterocycles. The molecule has 0 bridgehead atoms.